The molecule has 2 spiro atoms. The lowest BCUT2D eigenvalue weighted by Gasteiger charge is -2.51. The van der Waals surface area contributed by atoms with E-state index in [1.165, 1.54) is 16.9 Å². The zero-order chi connectivity index (χ0) is 41.2. The summed E-state index contributed by atoms with van der Waals surface area (Å²) in [5.41, 5.74) is 5.82. The molecule has 1 saturated heterocycles. The first-order valence-electron chi connectivity index (χ1n) is 21.0. The van der Waals surface area contributed by atoms with E-state index in [1.54, 1.807) is 35.6 Å². The van der Waals surface area contributed by atoms with E-state index in [0.29, 0.717) is 27.9 Å². The van der Waals surface area contributed by atoms with Crippen molar-refractivity contribution in [3.05, 3.63) is 104 Å². The molecule has 14 heteroatoms. The number of hydrogen-bond donors (Lipinski definition) is 1. The minimum absolute atomic E-state index is 0.0326. The van der Waals surface area contributed by atoms with Gasteiger partial charge in [-0.05, 0) is 138 Å². The van der Waals surface area contributed by atoms with Gasteiger partial charge >= 0.3 is 0 Å². The van der Waals surface area contributed by atoms with Crippen LogP contribution in [-0.2, 0) is 5.54 Å². The number of carbonyl (C=O) groups is 1. The molecule has 3 saturated carbocycles. The molecule has 6 heterocycles. The number of benzene rings is 1. The summed E-state index contributed by atoms with van der Waals surface area (Å²) in [5, 5.41) is 31.7. The maximum atomic E-state index is 13.1. The zero-order valence-corrected chi connectivity index (χ0v) is 35.5. The number of carbonyl (C=O) groups excluding carboxylic acids is 1. The molecule has 12 nitrogen and oxygen atoms in total. The van der Waals surface area contributed by atoms with Gasteiger partial charge in [0.1, 0.15) is 33.9 Å². The molecule has 60 heavy (non-hydrogen) atoms. The van der Waals surface area contributed by atoms with Crippen LogP contribution >= 0.6 is 22.9 Å². The number of fused-ring (bicyclic) bond motifs is 4. The fourth-order valence-electron chi connectivity index (χ4n) is 9.59. The molecule has 1 amide bonds. The summed E-state index contributed by atoms with van der Waals surface area (Å²) >= 11 is 7.95. The van der Waals surface area contributed by atoms with Gasteiger partial charge in [-0.3, -0.25) is 14.4 Å². The third-order valence-electron chi connectivity index (χ3n) is 13.1. The number of nitriles is 1. The van der Waals surface area contributed by atoms with Gasteiger partial charge in [0.05, 0.1) is 22.4 Å². The Hall–Kier alpha value is -5.63. The topological polar surface area (TPSA) is 147 Å². The Morgan fingerprint density at radius 3 is 2.55 bits per heavy atom. The number of nitrogens with zero attached hydrogens (tertiary/aromatic N) is 9. The average molecular weight is 837 g/mol. The van der Waals surface area contributed by atoms with Gasteiger partial charge in [0, 0.05) is 53.3 Å². The largest absolute Gasteiger partial charge is 0.490 e. The summed E-state index contributed by atoms with van der Waals surface area (Å²) in [7, 11) is 0. The first kappa shape index (κ1) is 38.6. The third kappa shape index (κ3) is 7.11. The number of halogens is 1. The van der Waals surface area contributed by atoms with Crippen molar-refractivity contribution in [1.29, 1.82) is 5.26 Å². The number of thiophene rings is 1. The van der Waals surface area contributed by atoms with E-state index in [0.717, 1.165) is 116 Å². The second kappa shape index (κ2) is 15.1. The standard InChI is InChI=1S/C46H45ClN10O2S/c1-27-28(2)60-43-40(27)41(51-46(18-19-46)44-55-52-29(3)57(43)44)32-6-9-33(49-25-32)8-5-30-22-45(23-30)17-4-20-56(26-45)39-16-15-38(53-54-39)42(58)50-34-10-13-35(14-11-34)59-36-12-7-31(24-48)37(47)21-36/h6-7,9,12,15-16,21,25,30,34-35H,4,10-11,13-14,17-20,22-23,26H2,1-3H3,(H,50,58)/t30?,34-,35-,45?. The summed E-state index contributed by atoms with van der Waals surface area (Å²) in [6.07, 6.45) is 11.5. The van der Waals surface area contributed by atoms with Crippen LogP contribution in [0.4, 0.5) is 5.82 Å². The van der Waals surface area contributed by atoms with Gasteiger partial charge in [-0.15, -0.1) is 31.7 Å². The van der Waals surface area contributed by atoms with Crippen molar-refractivity contribution in [2.45, 2.75) is 103 Å². The predicted octanol–water partition coefficient (Wildman–Crippen LogP) is 7.97. The number of hydrogen-bond acceptors (Lipinski definition) is 11. The van der Waals surface area contributed by atoms with Crippen LogP contribution < -0.4 is 15.0 Å². The van der Waals surface area contributed by atoms with Crippen molar-refractivity contribution in [2.24, 2.45) is 16.3 Å². The highest BCUT2D eigenvalue weighted by Gasteiger charge is 2.52. The molecule has 2 aliphatic heterocycles. The number of aromatic nitrogens is 6. The lowest BCUT2D eigenvalue weighted by Crippen LogP contribution is -2.50. The van der Waals surface area contributed by atoms with Gasteiger partial charge in [-0.2, -0.15) is 5.26 Å². The number of anilines is 1. The lowest BCUT2D eigenvalue weighted by atomic mass is 9.58. The molecule has 4 fully saturated rings. The van der Waals surface area contributed by atoms with E-state index in [-0.39, 0.29) is 29.0 Å². The van der Waals surface area contributed by atoms with Crippen molar-refractivity contribution in [3.8, 4) is 28.7 Å². The Labute approximate surface area is 358 Å². The molecule has 10 rings (SSSR count). The first-order chi connectivity index (χ1) is 29.1. The molecule has 0 bridgehead atoms. The van der Waals surface area contributed by atoms with E-state index < -0.39 is 0 Å². The molecule has 304 valence electrons. The summed E-state index contributed by atoms with van der Waals surface area (Å²) in [5.74, 6) is 10.4. The number of rotatable bonds is 6. The highest BCUT2D eigenvalue weighted by Crippen LogP contribution is 2.53. The zero-order valence-electron chi connectivity index (χ0n) is 34.0. The van der Waals surface area contributed by atoms with Gasteiger partial charge in [0.2, 0.25) is 0 Å². The van der Waals surface area contributed by atoms with Crippen molar-refractivity contribution < 1.29 is 9.53 Å². The average Bonchev–Trinajstić information content (AvgIpc) is 3.86. The summed E-state index contributed by atoms with van der Waals surface area (Å²) in [4.78, 5) is 26.9. The van der Waals surface area contributed by atoms with Crippen LogP contribution in [0.1, 0.15) is 119 Å². The van der Waals surface area contributed by atoms with E-state index in [4.69, 9.17) is 31.6 Å². The molecule has 0 atom stereocenters. The van der Waals surface area contributed by atoms with Crippen molar-refractivity contribution >= 4 is 40.4 Å². The maximum Gasteiger partial charge on any atom is 0.272 e. The quantitative estimate of drug-likeness (QED) is 0.168. The summed E-state index contributed by atoms with van der Waals surface area (Å²) in [6.45, 7) is 8.22. The SMILES string of the molecule is Cc1sc2c(c1C)C(c1ccc(C#CC3CC4(CCCN(c5ccc(C(=O)N[C@H]6CC[C@H](Oc7ccc(C#N)c(Cl)c7)CC6)nn5)C4)C3)nc1)=NC1(CC1)c1nnc(C)n1-2. The van der Waals surface area contributed by atoms with Crippen molar-refractivity contribution in [2.75, 3.05) is 18.0 Å². The molecule has 5 aromatic rings. The van der Waals surface area contributed by atoms with Crippen LogP contribution in [0.3, 0.4) is 0 Å². The van der Waals surface area contributed by atoms with E-state index in [1.807, 2.05) is 25.3 Å². The van der Waals surface area contributed by atoms with E-state index in [9.17, 15) is 4.79 Å². The molecule has 1 aromatic carbocycles. The first-order valence-corrected chi connectivity index (χ1v) is 22.2. The highest BCUT2D eigenvalue weighted by atomic mass is 35.5. The van der Waals surface area contributed by atoms with Crippen LogP contribution in [-0.4, -0.2) is 66.8 Å². The molecule has 5 aliphatic rings. The Bertz CT molecular complexity index is 2630. The van der Waals surface area contributed by atoms with Crippen LogP contribution in [0.15, 0.2) is 53.7 Å². The number of amides is 1. The normalized spacial score (nSPS) is 23.6. The van der Waals surface area contributed by atoms with Crippen LogP contribution in [0.25, 0.3) is 5.00 Å². The molecular weight excluding hydrogens is 792 g/mol. The summed E-state index contributed by atoms with van der Waals surface area (Å²) < 4.78 is 8.33. The monoisotopic (exact) mass is 836 g/mol. The second-order valence-corrected chi connectivity index (χ2v) is 18.9. The Morgan fingerprint density at radius 2 is 1.83 bits per heavy atom. The summed E-state index contributed by atoms with van der Waals surface area (Å²) in [6, 6.07) is 15.1. The fourth-order valence-corrected chi connectivity index (χ4v) is 11.0. The second-order valence-electron chi connectivity index (χ2n) is 17.3. The van der Waals surface area contributed by atoms with Crippen LogP contribution in [0.5, 0.6) is 5.75 Å². The minimum Gasteiger partial charge on any atom is -0.490 e. The fraction of sp³-hybridized carbons (Fsp3) is 0.435. The Balaban J connectivity index is 0.728. The molecule has 4 aromatic heterocycles. The minimum atomic E-state index is -0.320. The highest BCUT2D eigenvalue weighted by molar-refractivity contribution is 7.15. The lowest BCUT2D eigenvalue weighted by molar-refractivity contribution is 0.0684. The third-order valence-corrected chi connectivity index (χ3v) is 14.6. The molecule has 1 N–H and O–H groups in total. The number of ether oxygens (including phenoxy) is 1. The molecule has 0 radical (unpaired) electrons. The van der Waals surface area contributed by atoms with Crippen LogP contribution in [0, 0.1) is 55.3 Å². The van der Waals surface area contributed by atoms with Crippen molar-refractivity contribution in [3.63, 3.8) is 0 Å². The van der Waals surface area contributed by atoms with Crippen LogP contribution in [0.2, 0.25) is 5.02 Å². The molecule has 0 unspecified atom stereocenters. The maximum absolute atomic E-state index is 13.1. The number of aliphatic imine (C=N–C) groups is 1. The van der Waals surface area contributed by atoms with E-state index in [2.05, 4.69) is 73.0 Å². The Kier molecular flexibility index (Phi) is 9.72. The number of pyridine rings is 1. The van der Waals surface area contributed by atoms with Gasteiger partial charge in [-0.1, -0.05) is 17.5 Å². The number of piperidine rings is 1. The van der Waals surface area contributed by atoms with Gasteiger partial charge in [0.15, 0.2) is 17.3 Å². The van der Waals surface area contributed by atoms with Gasteiger partial charge in [0.25, 0.3) is 5.91 Å². The Morgan fingerprint density at radius 1 is 1.00 bits per heavy atom. The smallest absolute Gasteiger partial charge is 0.272 e. The van der Waals surface area contributed by atoms with E-state index >= 15 is 0 Å². The predicted molar refractivity (Wildman–Crippen MR) is 230 cm³/mol. The number of aryl methyl sites for hydroxylation is 2. The van der Waals surface area contributed by atoms with Gasteiger partial charge < -0.3 is 15.0 Å². The molecular formula is C46H45ClN10O2S. The molecule has 3 aliphatic carbocycles. The number of nitrogens with one attached hydrogen (secondary N) is 1. The van der Waals surface area contributed by atoms with Crippen molar-refractivity contribution in [1.82, 2.24) is 35.3 Å². The van der Waals surface area contributed by atoms with Gasteiger partial charge in [-0.25, -0.2) is 4.98 Å².